The smallest absolute Gasteiger partial charge is 0.157 e. The average Bonchev–Trinajstić information content (AvgIpc) is 3.26. The van der Waals surface area contributed by atoms with Gasteiger partial charge in [0.25, 0.3) is 0 Å². The van der Waals surface area contributed by atoms with Crippen molar-refractivity contribution in [2.75, 3.05) is 0 Å². The molecule has 3 aromatic carbocycles. The fourth-order valence-electron chi connectivity index (χ4n) is 3.82. The number of hydrogen-bond acceptors (Lipinski definition) is 3. The van der Waals surface area contributed by atoms with Gasteiger partial charge in [-0.1, -0.05) is 97.9 Å². The number of aromatic nitrogens is 3. The molecule has 1 unspecified atom stereocenters. The molecule has 1 heterocycles. The van der Waals surface area contributed by atoms with Crippen molar-refractivity contribution < 1.29 is 5.11 Å². The Balaban J connectivity index is 2.13. The second kappa shape index (κ2) is 7.79. The molecule has 1 aromatic heterocycles. The summed E-state index contributed by atoms with van der Waals surface area (Å²) in [6.45, 7) is 1.94. The van der Waals surface area contributed by atoms with E-state index in [1.165, 1.54) is 6.33 Å². The summed E-state index contributed by atoms with van der Waals surface area (Å²) in [6.07, 6.45) is 1.39. The topological polar surface area (TPSA) is 50.9 Å². The first-order valence-corrected chi connectivity index (χ1v) is 9.53. The molecule has 4 aromatic rings. The lowest BCUT2D eigenvalue weighted by atomic mass is 9.77. The van der Waals surface area contributed by atoms with Crippen molar-refractivity contribution in [2.24, 2.45) is 0 Å². The van der Waals surface area contributed by atoms with Gasteiger partial charge in [0.2, 0.25) is 0 Å². The highest BCUT2D eigenvalue weighted by molar-refractivity contribution is 5.50. The van der Waals surface area contributed by atoms with Crippen LogP contribution in [-0.2, 0) is 5.54 Å². The van der Waals surface area contributed by atoms with Crippen molar-refractivity contribution in [3.05, 3.63) is 120 Å². The standard InChI is InChI=1S/C24H23N3O/c1-2-22(28)23-25-18-26-27(23)24(19-12-6-3-7-13-19,20-14-8-4-9-15-20)21-16-10-5-11-17-21/h3-18,22,28H,2H2,1H3. The molecule has 4 rings (SSSR count). The molecular weight excluding hydrogens is 346 g/mol. The SMILES string of the molecule is CCC(O)c1ncnn1C(c1ccccc1)(c1ccccc1)c1ccccc1. The molecule has 0 spiro atoms. The van der Waals surface area contributed by atoms with E-state index in [4.69, 9.17) is 0 Å². The highest BCUT2D eigenvalue weighted by atomic mass is 16.3. The van der Waals surface area contributed by atoms with E-state index in [0.29, 0.717) is 12.2 Å². The van der Waals surface area contributed by atoms with Crippen molar-refractivity contribution in [3.8, 4) is 0 Å². The summed E-state index contributed by atoms with van der Waals surface area (Å²) >= 11 is 0. The molecule has 0 fully saturated rings. The van der Waals surface area contributed by atoms with Crippen LogP contribution in [0.25, 0.3) is 0 Å². The Kier molecular flexibility index (Phi) is 5.04. The zero-order valence-corrected chi connectivity index (χ0v) is 15.8. The quantitative estimate of drug-likeness (QED) is 0.507. The molecule has 4 nitrogen and oxygen atoms in total. The monoisotopic (exact) mass is 369 g/mol. The maximum Gasteiger partial charge on any atom is 0.157 e. The van der Waals surface area contributed by atoms with Crippen molar-refractivity contribution in [1.82, 2.24) is 14.8 Å². The molecule has 0 saturated carbocycles. The summed E-state index contributed by atoms with van der Waals surface area (Å²) in [5.41, 5.74) is 2.43. The highest BCUT2D eigenvalue weighted by Gasteiger charge is 2.41. The summed E-state index contributed by atoms with van der Waals surface area (Å²) in [4.78, 5) is 4.43. The van der Waals surface area contributed by atoms with Crippen LogP contribution in [0.1, 0.15) is 42.0 Å². The van der Waals surface area contributed by atoms with Crippen LogP contribution in [0.2, 0.25) is 0 Å². The van der Waals surface area contributed by atoms with Gasteiger partial charge in [0.15, 0.2) is 5.82 Å². The second-order valence-corrected chi connectivity index (χ2v) is 6.76. The van der Waals surface area contributed by atoms with Crippen molar-refractivity contribution in [3.63, 3.8) is 0 Å². The van der Waals surface area contributed by atoms with Gasteiger partial charge in [-0.05, 0) is 23.1 Å². The lowest BCUT2D eigenvalue weighted by Crippen LogP contribution is -2.40. The second-order valence-electron chi connectivity index (χ2n) is 6.76. The van der Waals surface area contributed by atoms with Crippen molar-refractivity contribution in [2.45, 2.75) is 25.0 Å². The Labute approximate surface area is 165 Å². The average molecular weight is 369 g/mol. The number of hydrogen-bond donors (Lipinski definition) is 1. The largest absolute Gasteiger partial charge is 0.385 e. The fourth-order valence-corrected chi connectivity index (χ4v) is 3.82. The van der Waals surface area contributed by atoms with E-state index in [9.17, 15) is 5.11 Å². The lowest BCUT2D eigenvalue weighted by molar-refractivity contribution is 0.153. The van der Waals surface area contributed by atoms with Crippen LogP contribution in [0.4, 0.5) is 0 Å². The van der Waals surface area contributed by atoms with Crippen LogP contribution in [0.5, 0.6) is 0 Å². The van der Waals surface area contributed by atoms with E-state index in [1.807, 2.05) is 66.2 Å². The van der Waals surface area contributed by atoms with Gasteiger partial charge in [0.1, 0.15) is 18.0 Å². The normalized spacial score (nSPS) is 12.6. The minimum Gasteiger partial charge on any atom is -0.385 e. The predicted molar refractivity (Wildman–Crippen MR) is 110 cm³/mol. The zero-order chi connectivity index (χ0) is 19.4. The summed E-state index contributed by atoms with van der Waals surface area (Å²) in [6, 6.07) is 30.8. The van der Waals surface area contributed by atoms with Gasteiger partial charge in [-0.3, -0.25) is 0 Å². The Hall–Kier alpha value is -3.24. The van der Waals surface area contributed by atoms with Gasteiger partial charge in [-0.2, -0.15) is 5.10 Å². The van der Waals surface area contributed by atoms with Gasteiger partial charge in [-0.25, -0.2) is 9.67 Å². The highest BCUT2D eigenvalue weighted by Crippen LogP contribution is 2.41. The van der Waals surface area contributed by atoms with Gasteiger partial charge in [0, 0.05) is 0 Å². The van der Waals surface area contributed by atoms with Crippen LogP contribution in [-0.4, -0.2) is 19.9 Å². The predicted octanol–water partition coefficient (Wildman–Crippen LogP) is 4.56. The van der Waals surface area contributed by atoms with E-state index >= 15 is 0 Å². The molecule has 0 aliphatic carbocycles. The van der Waals surface area contributed by atoms with Gasteiger partial charge < -0.3 is 5.11 Å². The third-order valence-corrected chi connectivity index (χ3v) is 5.15. The van der Waals surface area contributed by atoms with E-state index in [-0.39, 0.29) is 0 Å². The minimum atomic E-state index is -0.744. The summed E-state index contributed by atoms with van der Waals surface area (Å²) in [5.74, 6) is 0.555. The van der Waals surface area contributed by atoms with Crippen LogP contribution >= 0.6 is 0 Å². The molecule has 140 valence electrons. The van der Waals surface area contributed by atoms with Gasteiger partial charge >= 0.3 is 0 Å². The van der Waals surface area contributed by atoms with E-state index in [2.05, 4.69) is 46.5 Å². The molecular formula is C24H23N3O. The molecule has 1 atom stereocenters. The zero-order valence-electron chi connectivity index (χ0n) is 15.8. The Morgan fingerprint density at radius 3 is 1.61 bits per heavy atom. The molecule has 0 radical (unpaired) electrons. The van der Waals surface area contributed by atoms with Crippen molar-refractivity contribution >= 4 is 0 Å². The number of aliphatic hydroxyl groups excluding tert-OH is 1. The summed E-state index contributed by atoms with van der Waals surface area (Å²) in [7, 11) is 0. The molecule has 0 amide bonds. The Morgan fingerprint density at radius 2 is 1.21 bits per heavy atom. The third kappa shape index (κ3) is 2.92. The molecule has 0 bridgehead atoms. The maximum atomic E-state index is 10.7. The molecule has 0 saturated heterocycles. The molecule has 0 aliphatic heterocycles. The van der Waals surface area contributed by atoms with E-state index in [0.717, 1.165) is 16.7 Å². The maximum absolute atomic E-state index is 10.7. The first-order chi connectivity index (χ1) is 13.8. The molecule has 0 aliphatic rings. The van der Waals surface area contributed by atoms with E-state index in [1.54, 1.807) is 0 Å². The number of nitrogens with zero attached hydrogens (tertiary/aromatic N) is 3. The van der Waals surface area contributed by atoms with Crippen LogP contribution in [0, 0.1) is 0 Å². The van der Waals surface area contributed by atoms with Gasteiger partial charge in [0.05, 0.1) is 0 Å². The van der Waals surface area contributed by atoms with Crippen LogP contribution in [0.15, 0.2) is 97.3 Å². The molecule has 4 heteroatoms. The van der Waals surface area contributed by atoms with Crippen LogP contribution < -0.4 is 0 Å². The molecule has 28 heavy (non-hydrogen) atoms. The van der Waals surface area contributed by atoms with Gasteiger partial charge in [-0.15, -0.1) is 0 Å². The van der Waals surface area contributed by atoms with E-state index < -0.39 is 11.6 Å². The summed E-state index contributed by atoms with van der Waals surface area (Å²) < 4.78 is 1.88. The number of aliphatic hydroxyl groups is 1. The minimum absolute atomic E-state index is 0.555. The Morgan fingerprint density at radius 1 is 0.786 bits per heavy atom. The van der Waals surface area contributed by atoms with Crippen molar-refractivity contribution in [1.29, 1.82) is 0 Å². The molecule has 1 N–H and O–H groups in total. The number of benzene rings is 3. The Bertz CT molecular complexity index is 917. The number of rotatable bonds is 6. The lowest BCUT2D eigenvalue weighted by Gasteiger charge is -2.37. The summed E-state index contributed by atoms with van der Waals surface area (Å²) in [5, 5.41) is 15.3. The fraction of sp³-hybridized carbons (Fsp3) is 0.167. The first-order valence-electron chi connectivity index (χ1n) is 9.53. The van der Waals surface area contributed by atoms with Crippen LogP contribution in [0.3, 0.4) is 0 Å². The third-order valence-electron chi connectivity index (χ3n) is 5.15. The first kappa shape index (κ1) is 18.1.